The number of carbonyl (C=O) groups excluding carboxylic acids is 2. The second-order valence-corrected chi connectivity index (χ2v) is 6.09. The molecule has 0 radical (unpaired) electrons. The van der Waals surface area contributed by atoms with Crippen LogP contribution in [-0.4, -0.2) is 54.1 Å². The van der Waals surface area contributed by atoms with Crippen LogP contribution in [0.4, 0.5) is 9.59 Å². The highest BCUT2D eigenvalue weighted by atomic mass is 16.6. The molecule has 0 unspecified atom stereocenters. The number of hydrogen-bond acceptors (Lipinski definition) is 3. The number of rotatable bonds is 2. The predicted octanol–water partition coefficient (Wildman–Crippen LogP) is 2.46. The van der Waals surface area contributed by atoms with E-state index < -0.39 is 0 Å². The number of ether oxygens (including phenoxy) is 1. The Balaban J connectivity index is 1.44. The van der Waals surface area contributed by atoms with Gasteiger partial charge in [0.25, 0.3) is 0 Å². The lowest BCUT2D eigenvalue weighted by Crippen LogP contribution is -2.54. The van der Waals surface area contributed by atoms with Gasteiger partial charge < -0.3 is 19.9 Å². The number of para-hydroxylation sites is 1. The van der Waals surface area contributed by atoms with Gasteiger partial charge in [-0.25, -0.2) is 9.59 Å². The van der Waals surface area contributed by atoms with Crippen LogP contribution in [0.15, 0.2) is 30.3 Å². The summed E-state index contributed by atoms with van der Waals surface area (Å²) >= 11 is 0. The minimum absolute atomic E-state index is 0.00650. The number of nitrogens with zero attached hydrogens (tertiary/aromatic N) is 2. The lowest BCUT2D eigenvalue weighted by Gasteiger charge is -2.34. The molecule has 0 bridgehead atoms. The minimum Gasteiger partial charge on any atom is -0.410 e. The van der Waals surface area contributed by atoms with Crippen LogP contribution in [0.1, 0.15) is 25.7 Å². The van der Waals surface area contributed by atoms with Crippen molar-refractivity contribution in [2.75, 3.05) is 26.2 Å². The summed E-state index contributed by atoms with van der Waals surface area (Å²) in [6, 6.07) is 9.35. The maximum absolute atomic E-state index is 12.2. The molecule has 3 rings (SSSR count). The van der Waals surface area contributed by atoms with Gasteiger partial charge in [-0.2, -0.15) is 0 Å². The molecule has 1 saturated carbocycles. The van der Waals surface area contributed by atoms with Crippen molar-refractivity contribution in [2.45, 2.75) is 31.7 Å². The molecule has 1 saturated heterocycles. The molecular weight excluding hydrogens is 294 g/mol. The molecule has 23 heavy (non-hydrogen) atoms. The second kappa shape index (κ2) is 7.35. The fourth-order valence-electron chi connectivity index (χ4n) is 3.08. The first-order valence-corrected chi connectivity index (χ1v) is 8.29. The first kappa shape index (κ1) is 15.6. The fourth-order valence-corrected chi connectivity index (χ4v) is 3.08. The first-order valence-electron chi connectivity index (χ1n) is 8.29. The van der Waals surface area contributed by atoms with Gasteiger partial charge >= 0.3 is 12.1 Å². The standard InChI is InChI=1S/C17H23N3O3/c21-16(18-14-6-4-5-7-14)19-10-12-20(13-11-19)17(22)23-15-8-2-1-3-9-15/h1-3,8-9,14H,4-7,10-13H2,(H,18,21). The Labute approximate surface area is 136 Å². The van der Waals surface area contributed by atoms with Crippen molar-refractivity contribution in [3.05, 3.63) is 30.3 Å². The minimum atomic E-state index is -0.355. The number of amides is 3. The SMILES string of the molecule is O=C(NC1CCCC1)N1CCN(C(=O)Oc2ccccc2)CC1. The van der Waals surface area contributed by atoms with Gasteiger partial charge in [0.2, 0.25) is 0 Å². The van der Waals surface area contributed by atoms with Gasteiger partial charge in [0, 0.05) is 32.2 Å². The molecule has 1 aliphatic heterocycles. The number of nitrogens with one attached hydrogen (secondary N) is 1. The maximum atomic E-state index is 12.2. The van der Waals surface area contributed by atoms with E-state index in [1.807, 2.05) is 18.2 Å². The van der Waals surface area contributed by atoms with E-state index >= 15 is 0 Å². The number of benzene rings is 1. The van der Waals surface area contributed by atoms with Crippen LogP contribution in [0.25, 0.3) is 0 Å². The van der Waals surface area contributed by atoms with E-state index in [1.165, 1.54) is 12.8 Å². The third kappa shape index (κ3) is 4.15. The third-order valence-electron chi connectivity index (χ3n) is 4.46. The number of piperazine rings is 1. The average Bonchev–Trinajstić information content (AvgIpc) is 3.09. The summed E-state index contributed by atoms with van der Waals surface area (Å²) in [4.78, 5) is 27.7. The molecule has 0 aromatic heterocycles. The van der Waals surface area contributed by atoms with Crippen LogP contribution in [-0.2, 0) is 0 Å². The molecule has 6 nitrogen and oxygen atoms in total. The van der Waals surface area contributed by atoms with Gasteiger partial charge in [-0.3, -0.25) is 0 Å². The summed E-state index contributed by atoms with van der Waals surface area (Å²) in [5.41, 5.74) is 0. The molecule has 0 atom stereocenters. The zero-order chi connectivity index (χ0) is 16.1. The first-order chi connectivity index (χ1) is 11.2. The summed E-state index contributed by atoms with van der Waals surface area (Å²) in [5.74, 6) is 0.541. The highest BCUT2D eigenvalue weighted by Gasteiger charge is 2.27. The molecule has 1 aromatic rings. The van der Waals surface area contributed by atoms with Crippen molar-refractivity contribution in [2.24, 2.45) is 0 Å². The van der Waals surface area contributed by atoms with Crippen LogP contribution < -0.4 is 10.1 Å². The Bertz CT molecular complexity index is 535. The zero-order valence-electron chi connectivity index (χ0n) is 13.2. The van der Waals surface area contributed by atoms with Crippen LogP contribution in [0.2, 0.25) is 0 Å². The van der Waals surface area contributed by atoms with E-state index in [9.17, 15) is 9.59 Å². The lowest BCUT2D eigenvalue weighted by atomic mass is 10.2. The van der Waals surface area contributed by atoms with Crippen molar-refractivity contribution >= 4 is 12.1 Å². The number of hydrogen-bond donors (Lipinski definition) is 1. The summed E-state index contributed by atoms with van der Waals surface area (Å²) in [6.45, 7) is 2.10. The normalized spacial score (nSPS) is 18.8. The van der Waals surface area contributed by atoms with Crippen LogP contribution in [0.5, 0.6) is 5.75 Å². The van der Waals surface area contributed by atoms with E-state index in [2.05, 4.69) is 5.32 Å². The summed E-state index contributed by atoms with van der Waals surface area (Å²) in [5, 5.41) is 3.08. The van der Waals surface area contributed by atoms with E-state index in [0.717, 1.165) is 12.8 Å². The van der Waals surface area contributed by atoms with Gasteiger partial charge in [-0.05, 0) is 25.0 Å². The predicted molar refractivity (Wildman–Crippen MR) is 86.4 cm³/mol. The molecule has 124 valence electrons. The molecule has 3 amide bonds. The van der Waals surface area contributed by atoms with Gasteiger partial charge in [-0.1, -0.05) is 31.0 Å². The summed E-state index contributed by atoms with van der Waals surface area (Å²) in [6.07, 6.45) is 4.20. The van der Waals surface area contributed by atoms with Crippen molar-refractivity contribution in [3.63, 3.8) is 0 Å². The molecule has 2 aliphatic rings. The molecule has 1 heterocycles. The Morgan fingerprint density at radius 1 is 0.957 bits per heavy atom. The van der Waals surface area contributed by atoms with Crippen LogP contribution >= 0.6 is 0 Å². The van der Waals surface area contributed by atoms with Crippen LogP contribution in [0, 0.1) is 0 Å². The molecule has 1 N–H and O–H groups in total. The van der Waals surface area contributed by atoms with E-state index in [4.69, 9.17) is 4.74 Å². The fraction of sp³-hybridized carbons (Fsp3) is 0.529. The Hall–Kier alpha value is -2.24. The van der Waals surface area contributed by atoms with Crippen molar-refractivity contribution in [1.82, 2.24) is 15.1 Å². The molecule has 0 spiro atoms. The van der Waals surface area contributed by atoms with Gasteiger partial charge in [0.05, 0.1) is 0 Å². The van der Waals surface area contributed by atoms with Crippen LogP contribution in [0.3, 0.4) is 0 Å². The smallest absolute Gasteiger partial charge is 0.410 e. The van der Waals surface area contributed by atoms with Gasteiger partial charge in [-0.15, -0.1) is 0 Å². The quantitative estimate of drug-likeness (QED) is 0.911. The number of carbonyl (C=O) groups is 2. The van der Waals surface area contributed by atoms with Crippen molar-refractivity contribution in [1.29, 1.82) is 0 Å². The Kier molecular flexibility index (Phi) is 5.00. The highest BCUT2D eigenvalue weighted by Crippen LogP contribution is 2.18. The molecular formula is C17H23N3O3. The monoisotopic (exact) mass is 317 g/mol. The maximum Gasteiger partial charge on any atom is 0.415 e. The number of urea groups is 1. The van der Waals surface area contributed by atoms with E-state index in [1.54, 1.807) is 21.9 Å². The molecule has 1 aromatic carbocycles. The molecule has 2 fully saturated rings. The van der Waals surface area contributed by atoms with Gasteiger partial charge in [0.15, 0.2) is 0 Å². The molecule has 6 heteroatoms. The summed E-state index contributed by atoms with van der Waals surface area (Å²) < 4.78 is 5.33. The van der Waals surface area contributed by atoms with Crippen molar-refractivity contribution < 1.29 is 14.3 Å². The van der Waals surface area contributed by atoms with E-state index in [-0.39, 0.29) is 12.1 Å². The third-order valence-corrected chi connectivity index (χ3v) is 4.46. The second-order valence-electron chi connectivity index (χ2n) is 6.09. The molecule has 1 aliphatic carbocycles. The van der Waals surface area contributed by atoms with Gasteiger partial charge in [0.1, 0.15) is 5.75 Å². The zero-order valence-corrected chi connectivity index (χ0v) is 13.2. The van der Waals surface area contributed by atoms with Crippen molar-refractivity contribution in [3.8, 4) is 5.75 Å². The Morgan fingerprint density at radius 3 is 2.22 bits per heavy atom. The van der Waals surface area contributed by atoms with E-state index in [0.29, 0.717) is 38.0 Å². The summed E-state index contributed by atoms with van der Waals surface area (Å²) in [7, 11) is 0. The average molecular weight is 317 g/mol. The Morgan fingerprint density at radius 2 is 1.57 bits per heavy atom. The largest absolute Gasteiger partial charge is 0.415 e. The topological polar surface area (TPSA) is 61.9 Å². The highest BCUT2D eigenvalue weighted by molar-refractivity contribution is 5.75. The lowest BCUT2D eigenvalue weighted by molar-refractivity contribution is 0.116.